The number of hydrazone groups is 1. The number of carbonyl (C=O) groups is 2. The minimum absolute atomic E-state index is 0.267. The third-order valence-electron chi connectivity index (χ3n) is 3.75. The lowest BCUT2D eigenvalue weighted by Gasteiger charge is -2.06. The molecule has 2 amide bonds. The second-order valence-electron chi connectivity index (χ2n) is 5.61. The summed E-state index contributed by atoms with van der Waals surface area (Å²) in [6, 6.07) is 16.0. The highest BCUT2D eigenvalue weighted by molar-refractivity contribution is 6.39. The number of nitrogens with one attached hydrogen (secondary N) is 3. The van der Waals surface area contributed by atoms with E-state index in [0.717, 1.165) is 10.9 Å². The van der Waals surface area contributed by atoms with Gasteiger partial charge in [0.05, 0.1) is 11.8 Å². The van der Waals surface area contributed by atoms with Gasteiger partial charge in [-0.2, -0.15) is 5.10 Å². The van der Waals surface area contributed by atoms with Gasteiger partial charge in [-0.3, -0.25) is 14.4 Å². The molecule has 0 atom stereocenters. The molecule has 0 bridgehead atoms. The van der Waals surface area contributed by atoms with Gasteiger partial charge in [0.15, 0.2) is 0 Å². The lowest BCUT2D eigenvalue weighted by molar-refractivity contribution is -0.136. The molecular weight excluding hydrogens is 332 g/mol. The lowest BCUT2D eigenvalue weighted by Crippen LogP contribution is -2.32. The molecule has 7 nitrogen and oxygen atoms in total. The Morgan fingerprint density at radius 1 is 1.04 bits per heavy atom. The van der Waals surface area contributed by atoms with E-state index in [9.17, 15) is 14.4 Å². The summed E-state index contributed by atoms with van der Waals surface area (Å²) in [6.45, 7) is 1.82. The van der Waals surface area contributed by atoms with Crippen molar-refractivity contribution in [2.45, 2.75) is 6.92 Å². The van der Waals surface area contributed by atoms with E-state index in [-0.39, 0.29) is 11.1 Å². The third kappa shape index (κ3) is 3.84. The van der Waals surface area contributed by atoms with Crippen LogP contribution in [0.4, 0.5) is 5.69 Å². The van der Waals surface area contributed by atoms with E-state index in [1.165, 1.54) is 6.21 Å². The normalized spacial score (nSPS) is 10.8. The molecule has 0 aliphatic heterocycles. The van der Waals surface area contributed by atoms with Crippen LogP contribution < -0.4 is 16.3 Å². The van der Waals surface area contributed by atoms with Crippen LogP contribution in [0.2, 0.25) is 0 Å². The number of hydrogen-bond donors (Lipinski definition) is 3. The second-order valence-corrected chi connectivity index (χ2v) is 5.61. The molecule has 0 spiro atoms. The maximum Gasteiger partial charge on any atom is 0.329 e. The molecule has 0 fully saturated rings. The summed E-state index contributed by atoms with van der Waals surface area (Å²) in [5.41, 5.74) is 4.12. The highest BCUT2D eigenvalue weighted by Crippen LogP contribution is 2.12. The van der Waals surface area contributed by atoms with Crippen LogP contribution in [0.5, 0.6) is 0 Å². The molecule has 3 aromatic rings. The average Bonchev–Trinajstić information content (AvgIpc) is 2.63. The summed E-state index contributed by atoms with van der Waals surface area (Å²) in [5, 5.41) is 7.02. The number of rotatable bonds is 3. The third-order valence-corrected chi connectivity index (χ3v) is 3.75. The number of benzene rings is 2. The number of para-hydroxylation sites is 2. The Morgan fingerprint density at radius 3 is 2.58 bits per heavy atom. The Morgan fingerprint density at radius 2 is 1.77 bits per heavy atom. The van der Waals surface area contributed by atoms with Crippen LogP contribution in [0.3, 0.4) is 0 Å². The van der Waals surface area contributed by atoms with E-state index in [1.54, 1.807) is 24.3 Å². The zero-order valence-electron chi connectivity index (χ0n) is 13.9. The fourth-order valence-electron chi connectivity index (χ4n) is 2.36. The second kappa shape index (κ2) is 7.43. The van der Waals surface area contributed by atoms with Gasteiger partial charge in [-0.1, -0.05) is 36.4 Å². The van der Waals surface area contributed by atoms with E-state index in [0.29, 0.717) is 11.2 Å². The van der Waals surface area contributed by atoms with Crippen LogP contribution in [0.1, 0.15) is 11.1 Å². The number of amides is 2. The zero-order chi connectivity index (χ0) is 18.5. The number of fused-ring (bicyclic) bond motifs is 1. The van der Waals surface area contributed by atoms with Gasteiger partial charge in [0.1, 0.15) is 0 Å². The zero-order valence-corrected chi connectivity index (χ0v) is 13.9. The predicted molar refractivity (Wildman–Crippen MR) is 100 cm³/mol. The number of carbonyl (C=O) groups excluding carboxylic acids is 2. The summed E-state index contributed by atoms with van der Waals surface area (Å²) in [6.07, 6.45) is 1.20. The smallest absolute Gasteiger partial charge is 0.321 e. The maximum absolute atomic E-state index is 12.0. The van der Waals surface area contributed by atoms with Crippen LogP contribution in [-0.2, 0) is 9.59 Å². The molecule has 0 saturated heterocycles. The van der Waals surface area contributed by atoms with Crippen molar-refractivity contribution in [3.63, 3.8) is 0 Å². The van der Waals surface area contributed by atoms with Gasteiger partial charge in [0, 0.05) is 11.2 Å². The first-order valence-electron chi connectivity index (χ1n) is 7.86. The van der Waals surface area contributed by atoms with Crippen LogP contribution in [0, 0.1) is 6.92 Å². The molecule has 7 heteroatoms. The fourth-order valence-corrected chi connectivity index (χ4v) is 2.36. The number of pyridine rings is 1. The Bertz CT molecular complexity index is 1070. The highest BCUT2D eigenvalue weighted by atomic mass is 16.2. The Kier molecular flexibility index (Phi) is 4.89. The minimum Gasteiger partial charge on any atom is -0.321 e. The van der Waals surface area contributed by atoms with E-state index < -0.39 is 11.8 Å². The van der Waals surface area contributed by atoms with Gasteiger partial charge in [-0.25, -0.2) is 5.43 Å². The van der Waals surface area contributed by atoms with Crippen molar-refractivity contribution in [3.8, 4) is 0 Å². The van der Waals surface area contributed by atoms with Crippen molar-refractivity contribution in [2.24, 2.45) is 5.10 Å². The van der Waals surface area contributed by atoms with Gasteiger partial charge in [0.2, 0.25) is 0 Å². The van der Waals surface area contributed by atoms with Crippen molar-refractivity contribution >= 4 is 34.6 Å². The van der Waals surface area contributed by atoms with Gasteiger partial charge in [0.25, 0.3) is 5.56 Å². The first kappa shape index (κ1) is 17.1. The molecule has 3 rings (SSSR count). The Labute approximate surface area is 148 Å². The topological polar surface area (TPSA) is 103 Å². The highest BCUT2D eigenvalue weighted by Gasteiger charge is 2.13. The molecule has 0 radical (unpaired) electrons. The predicted octanol–water partition coefficient (Wildman–Crippen LogP) is 1.93. The van der Waals surface area contributed by atoms with Crippen LogP contribution in [-0.4, -0.2) is 23.0 Å². The van der Waals surface area contributed by atoms with Crippen LogP contribution >= 0.6 is 0 Å². The number of anilines is 1. The van der Waals surface area contributed by atoms with E-state index in [1.807, 2.05) is 37.3 Å². The molecule has 26 heavy (non-hydrogen) atoms. The molecule has 1 aromatic heterocycles. The minimum atomic E-state index is -0.929. The summed E-state index contributed by atoms with van der Waals surface area (Å²) < 4.78 is 0. The molecule has 0 unspecified atom stereocenters. The first-order chi connectivity index (χ1) is 12.5. The molecule has 2 aromatic carbocycles. The molecule has 0 aliphatic carbocycles. The van der Waals surface area contributed by atoms with Crippen molar-refractivity contribution in [2.75, 3.05) is 5.32 Å². The molecule has 0 saturated carbocycles. The quantitative estimate of drug-likeness (QED) is 0.383. The SMILES string of the molecule is Cc1ccccc1NC(=O)C(=O)N/N=C/c1cc2ccccc2[nH]c1=O. The lowest BCUT2D eigenvalue weighted by atomic mass is 10.2. The molecule has 130 valence electrons. The van der Waals surface area contributed by atoms with Crippen molar-refractivity contribution in [1.82, 2.24) is 10.4 Å². The van der Waals surface area contributed by atoms with Crippen molar-refractivity contribution in [3.05, 3.63) is 76.1 Å². The number of H-pyrrole nitrogens is 1. The van der Waals surface area contributed by atoms with Gasteiger partial charge < -0.3 is 10.3 Å². The van der Waals surface area contributed by atoms with Crippen molar-refractivity contribution in [1.29, 1.82) is 0 Å². The Balaban J connectivity index is 1.67. The number of hydrogen-bond acceptors (Lipinski definition) is 4. The maximum atomic E-state index is 12.0. The molecule has 1 heterocycles. The summed E-state index contributed by atoms with van der Waals surface area (Å²) in [4.78, 5) is 38.4. The fraction of sp³-hybridized carbons (Fsp3) is 0.0526. The summed E-state index contributed by atoms with van der Waals surface area (Å²) in [5.74, 6) is -1.77. The van der Waals surface area contributed by atoms with Crippen LogP contribution in [0.25, 0.3) is 10.9 Å². The van der Waals surface area contributed by atoms with Gasteiger partial charge in [-0.05, 0) is 36.1 Å². The average molecular weight is 348 g/mol. The largest absolute Gasteiger partial charge is 0.329 e. The Hall–Kier alpha value is -3.74. The van der Waals surface area contributed by atoms with E-state index >= 15 is 0 Å². The number of aryl methyl sites for hydroxylation is 1. The van der Waals surface area contributed by atoms with Crippen LogP contribution in [0.15, 0.2) is 64.5 Å². The van der Waals surface area contributed by atoms with Gasteiger partial charge in [-0.15, -0.1) is 0 Å². The number of aromatic amines is 1. The molecule has 3 N–H and O–H groups in total. The monoisotopic (exact) mass is 348 g/mol. The van der Waals surface area contributed by atoms with Gasteiger partial charge >= 0.3 is 11.8 Å². The number of aromatic nitrogens is 1. The first-order valence-corrected chi connectivity index (χ1v) is 7.86. The number of nitrogens with zero attached hydrogens (tertiary/aromatic N) is 1. The standard InChI is InChI=1S/C19H16N4O3/c1-12-6-2-4-8-15(12)21-18(25)19(26)23-20-11-14-10-13-7-3-5-9-16(13)22-17(14)24/h2-11H,1H3,(H,21,25)(H,22,24)(H,23,26)/b20-11+. The summed E-state index contributed by atoms with van der Waals surface area (Å²) in [7, 11) is 0. The molecule has 0 aliphatic rings. The van der Waals surface area contributed by atoms with E-state index in [2.05, 4.69) is 20.8 Å². The van der Waals surface area contributed by atoms with E-state index in [4.69, 9.17) is 0 Å². The van der Waals surface area contributed by atoms with Crippen molar-refractivity contribution < 1.29 is 9.59 Å². The molecular formula is C19H16N4O3. The summed E-state index contributed by atoms with van der Waals surface area (Å²) >= 11 is 0.